The van der Waals surface area contributed by atoms with E-state index in [0.717, 1.165) is 5.56 Å². The molecule has 0 radical (unpaired) electrons. The number of Topliss-reactive ketones (excluding diaryl/α,β-unsaturated/α-hetero) is 1. The maximum absolute atomic E-state index is 11.8. The highest BCUT2D eigenvalue weighted by molar-refractivity contribution is 5.97. The first kappa shape index (κ1) is 27.4. The molecule has 0 bridgehead atoms. The second-order valence-corrected chi connectivity index (χ2v) is 9.87. The number of likely N-dealkylation sites (tertiary alicyclic amines) is 1. The lowest BCUT2D eigenvalue weighted by Gasteiger charge is -2.26. The lowest BCUT2D eigenvalue weighted by molar-refractivity contribution is -0.720. The van der Waals surface area contributed by atoms with E-state index in [4.69, 9.17) is 4.84 Å². The Labute approximate surface area is 192 Å². The van der Waals surface area contributed by atoms with E-state index in [2.05, 4.69) is 5.28 Å². The van der Waals surface area contributed by atoms with Crippen molar-refractivity contribution in [3.63, 3.8) is 0 Å². The van der Waals surface area contributed by atoms with E-state index in [-0.39, 0.29) is 35.2 Å². The number of carbonyl (C=O) groups excluding carboxylic acids is 2. The van der Waals surface area contributed by atoms with Gasteiger partial charge in [0, 0.05) is 30.4 Å². The minimum atomic E-state index is -0.329. The van der Waals surface area contributed by atoms with Crippen molar-refractivity contribution in [2.75, 3.05) is 20.1 Å². The predicted molar refractivity (Wildman–Crippen MR) is 125 cm³/mol. The van der Waals surface area contributed by atoms with Gasteiger partial charge >= 0.3 is 0 Å². The van der Waals surface area contributed by atoms with Crippen LogP contribution in [-0.4, -0.2) is 58.3 Å². The third-order valence-electron chi connectivity index (χ3n) is 5.30. The minimum Gasteiger partial charge on any atom is -0.569 e. The number of benzene rings is 1. The zero-order chi connectivity index (χ0) is 24.6. The number of amides is 1. The Morgan fingerprint density at radius 1 is 1.16 bits per heavy atom. The van der Waals surface area contributed by atoms with E-state index in [1.807, 2.05) is 79.7 Å². The molecule has 1 unspecified atom stereocenters. The number of hydrogen-bond donors (Lipinski definition) is 0. The van der Waals surface area contributed by atoms with Gasteiger partial charge in [0.1, 0.15) is 0 Å². The second-order valence-electron chi connectivity index (χ2n) is 9.87. The molecule has 1 amide bonds. The maximum atomic E-state index is 11.8. The van der Waals surface area contributed by atoms with Crippen LogP contribution >= 0.6 is 0 Å². The van der Waals surface area contributed by atoms with Gasteiger partial charge in [0.05, 0.1) is 24.1 Å². The van der Waals surface area contributed by atoms with Crippen LogP contribution < -0.4 is 0 Å². The van der Waals surface area contributed by atoms with Crippen molar-refractivity contribution >= 4 is 11.7 Å². The van der Waals surface area contributed by atoms with Crippen molar-refractivity contribution in [1.29, 1.82) is 0 Å². The number of hydrogen-bond acceptors (Lipinski definition) is 5. The Hall–Kier alpha value is -2.64. The van der Waals surface area contributed by atoms with Gasteiger partial charge in [0.2, 0.25) is 11.2 Å². The molecule has 1 aromatic rings. The van der Waals surface area contributed by atoms with Crippen molar-refractivity contribution in [3.8, 4) is 0 Å². The molecule has 0 aromatic heterocycles. The zero-order valence-corrected chi connectivity index (χ0v) is 21.1. The quantitative estimate of drug-likeness (QED) is 0.274. The van der Waals surface area contributed by atoms with Crippen LogP contribution in [0.4, 0.5) is 0 Å². The van der Waals surface area contributed by atoms with Gasteiger partial charge < -0.3 is 14.9 Å². The Balaban J connectivity index is 0.000000363. The molecule has 1 saturated heterocycles. The van der Waals surface area contributed by atoms with Gasteiger partial charge in [-0.1, -0.05) is 57.5 Å². The van der Waals surface area contributed by atoms with Crippen molar-refractivity contribution in [2.45, 2.75) is 73.5 Å². The van der Waals surface area contributed by atoms with Crippen LogP contribution in [0.15, 0.2) is 29.5 Å². The average Bonchev–Trinajstić information content (AvgIpc) is 3.19. The molecule has 32 heavy (non-hydrogen) atoms. The molecule has 1 aromatic carbocycles. The average molecular weight is 449 g/mol. The topological polar surface area (TPSA) is 88.3 Å². The summed E-state index contributed by atoms with van der Waals surface area (Å²) >= 11 is 0. The van der Waals surface area contributed by atoms with Gasteiger partial charge in [0.25, 0.3) is 0 Å². The number of ketones is 1. The van der Waals surface area contributed by atoms with Gasteiger partial charge in [-0.15, -0.1) is 5.01 Å². The summed E-state index contributed by atoms with van der Waals surface area (Å²) < 4.78 is 0. The van der Waals surface area contributed by atoms with Crippen LogP contribution in [0.5, 0.6) is 0 Å². The molecule has 180 valence electrons. The van der Waals surface area contributed by atoms with Crippen molar-refractivity contribution < 1.29 is 19.4 Å². The number of nitrogens with zero attached hydrogens (tertiary/aromatic N) is 4. The number of rotatable bonds is 6. The molecule has 0 spiro atoms. The molecule has 0 saturated carbocycles. The van der Waals surface area contributed by atoms with Crippen molar-refractivity contribution in [2.24, 2.45) is 17.1 Å². The highest BCUT2D eigenvalue weighted by Gasteiger charge is 2.30. The summed E-state index contributed by atoms with van der Waals surface area (Å²) in [6.45, 7) is 16.5. The van der Waals surface area contributed by atoms with Crippen LogP contribution in [0.25, 0.3) is 0 Å². The van der Waals surface area contributed by atoms with Crippen LogP contribution in [0.3, 0.4) is 0 Å². The van der Waals surface area contributed by atoms with Gasteiger partial charge in [-0.2, -0.15) is 0 Å². The Kier molecular flexibility index (Phi) is 10.1. The van der Waals surface area contributed by atoms with E-state index in [1.54, 1.807) is 11.9 Å². The van der Waals surface area contributed by atoms with Crippen LogP contribution in [0.1, 0.15) is 70.8 Å². The van der Waals surface area contributed by atoms with E-state index in [1.165, 1.54) is 10.6 Å². The Morgan fingerprint density at radius 3 is 2.19 bits per heavy atom. The number of carbonyl (C=O) groups is 2. The number of aryl methyl sites for hydroxylation is 1. The lowest BCUT2D eigenvalue weighted by atomic mass is 10.0. The molecule has 1 fully saturated rings. The first-order valence-electron chi connectivity index (χ1n) is 11.2. The molecular weight excluding hydrogens is 408 g/mol. The third kappa shape index (κ3) is 8.48. The van der Waals surface area contributed by atoms with Gasteiger partial charge in [-0.3, -0.25) is 9.59 Å². The zero-order valence-electron chi connectivity index (χ0n) is 21.1. The molecule has 0 N–H and O–H groups in total. The summed E-state index contributed by atoms with van der Waals surface area (Å²) in [5.74, 6) is 0.401. The Bertz CT molecular complexity index is 782. The molecule has 8 heteroatoms. The summed E-state index contributed by atoms with van der Waals surface area (Å²) in [5, 5.41) is 16.8. The van der Waals surface area contributed by atoms with Crippen LogP contribution in [0.2, 0.25) is 0 Å². The SMILES string of the molecule is CC(C)C(=O)N1CCC(ON=[N+]([O-])N(C)C(C)(C)C)C1.Cc1ccc(C(=O)C(C)C)cc1. The molecule has 0 aliphatic carbocycles. The number of hydrazine groups is 1. The largest absolute Gasteiger partial charge is 0.569 e. The minimum absolute atomic E-state index is 0.0197. The predicted octanol–water partition coefficient (Wildman–Crippen LogP) is 4.62. The molecule has 8 nitrogen and oxygen atoms in total. The van der Waals surface area contributed by atoms with Crippen LogP contribution in [-0.2, 0) is 9.63 Å². The van der Waals surface area contributed by atoms with Gasteiger partial charge in [-0.05, 0) is 27.7 Å². The lowest BCUT2D eigenvalue weighted by Crippen LogP contribution is -2.42. The maximum Gasteiger partial charge on any atom is 0.233 e. The fraction of sp³-hybridized carbons (Fsp3) is 0.667. The van der Waals surface area contributed by atoms with E-state index < -0.39 is 0 Å². The highest BCUT2D eigenvalue weighted by Crippen LogP contribution is 2.16. The molecule has 1 aliphatic rings. The standard InChI is InChI=1S/C13H26N4O3.C11H14O/c1-10(2)12(18)16-8-7-11(9-16)20-14-17(19)15(6)13(3,4)5;1-8(2)11(12)10-6-4-9(3)5-7-10/h10-11H,7-9H2,1-6H3;4-8H,1-3H3. The molecule has 1 aliphatic heterocycles. The summed E-state index contributed by atoms with van der Waals surface area (Å²) in [5.41, 5.74) is 1.68. The van der Waals surface area contributed by atoms with E-state index >= 15 is 0 Å². The Morgan fingerprint density at radius 2 is 1.72 bits per heavy atom. The van der Waals surface area contributed by atoms with Crippen molar-refractivity contribution in [3.05, 3.63) is 40.6 Å². The van der Waals surface area contributed by atoms with E-state index in [9.17, 15) is 14.8 Å². The molecular formula is C24H40N4O4. The fourth-order valence-electron chi connectivity index (χ4n) is 2.85. The van der Waals surface area contributed by atoms with Gasteiger partial charge in [-0.25, -0.2) is 0 Å². The fourth-order valence-corrected chi connectivity index (χ4v) is 2.85. The third-order valence-corrected chi connectivity index (χ3v) is 5.30. The normalized spacial score (nSPS) is 16.7. The highest BCUT2D eigenvalue weighted by atomic mass is 16.7. The summed E-state index contributed by atoms with van der Waals surface area (Å²) in [4.78, 5) is 30.7. The van der Waals surface area contributed by atoms with E-state index in [0.29, 0.717) is 24.5 Å². The second kappa shape index (κ2) is 11.8. The molecule has 1 heterocycles. The first-order chi connectivity index (χ1) is 14.7. The summed E-state index contributed by atoms with van der Waals surface area (Å²) in [7, 11) is 1.66. The summed E-state index contributed by atoms with van der Waals surface area (Å²) in [6, 6.07) is 7.71. The smallest absolute Gasteiger partial charge is 0.233 e. The first-order valence-corrected chi connectivity index (χ1v) is 11.2. The summed E-state index contributed by atoms with van der Waals surface area (Å²) in [6.07, 6.45) is 0.497. The van der Waals surface area contributed by atoms with Crippen molar-refractivity contribution in [1.82, 2.24) is 9.91 Å². The van der Waals surface area contributed by atoms with Crippen LogP contribution in [0, 0.1) is 24.0 Å². The monoisotopic (exact) mass is 448 g/mol. The van der Waals surface area contributed by atoms with Gasteiger partial charge in [0.15, 0.2) is 11.9 Å². The molecule has 2 rings (SSSR count). The molecule has 1 atom stereocenters.